The molecule has 1 aliphatic heterocycles. The van der Waals surface area contributed by atoms with Crippen molar-refractivity contribution >= 4 is 39.1 Å². The van der Waals surface area contributed by atoms with Crippen LogP contribution in [0.2, 0.25) is 0 Å². The summed E-state index contributed by atoms with van der Waals surface area (Å²) in [7, 11) is 3.06. The van der Waals surface area contributed by atoms with Gasteiger partial charge in [-0.1, -0.05) is 13.8 Å². The molecule has 0 saturated carbocycles. The second-order valence-electron chi connectivity index (χ2n) is 9.18. The van der Waals surface area contributed by atoms with Crippen LogP contribution in [0.5, 0.6) is 11.5 Å². The van der Waals surface area contributed by atoms with Crippen molar-refractivity contribution in [1.82, 2.24) is 14.5 Å². The number of thiophene rings is 1. The quantitative estimate of drug-likeness (QED) is 0.558. The van der Waals surface area contributed by atoms with Crippen LogP contribution in [-0.4, -0.2) is 53.6 Å². The number of carbonyl (C=O) groups excluding carboxylic acids is 2. The second kappa shape index (κ2) is 10.1. The van der Waals surface area contributed by atoms with Crippen molar-refractivity contribution in [1.29, 1.82) is 0 Å². The van der Waals surface area contributed by atoms with E-state index in [2.05, 4.69) is 24.1 Å². The number of hydrogen-bond acceptors (Lipinski definition) is 7. The van der Waals surface area contributed by atoms with Gasteiger partial charge in [0.05, 0.1) is 36.5 Å². The van der Waals surface area contributed by atoms with E-state index in [4.69, 9.17) is 9.47 Å². The van der Waals surface area contributed by atoms with Crippen molar-refractivity contribution in [2.75, 3.05) is 32.6 Å². The van der Waals surface area contributed by atoms with E-state index in [1.807, 2.05) is 4.90 Å². The summed E-state index contributed by atoms with van der Waals surface area (Å²) in [4.78, 5) is 46.3. The third-order valence-electron chi connectivity index (χ3n) is 6.31. The monoisotopic (exact) mass is 498 g/mol. The number of likely N-dealkylation sites (tertiary alicyclic amines) is 1. The maximum Gasteiger partial charge on any atom is 0.266 e. The maximum absolute atomic E-state index is 13.3. The maximum atomic E-state index is 13.3. The molecule has 1 aliphatic rings. The third kappa shape index (κ3) is 5.02. The molecular formula is C25H30N4O5S. The number of carbonyl (C=O) groups is 2. The summed E-state index contributed by atoms with van der Waals surface area (Å²) in [6, 6.07) is 5.09. The number of nitrogens with one attached hydrogen (secondary N) is 1. The van der Waals surface area contributed by atoms with Gasteiger partial charge in [-0.2, -0.15) is 0 Å². The van der Waals surface area contributed by atoms with E-state index in [1.165, 1.54) is 18.0 Å². The number of anilines is 1. The molecule has 0 unspecified atom stereocenters. The molecule has 2 atom stereocenters. The first kappa shape index (κ1) is 24.7. The minimum atomic E-state index is -0.368. The van der Waals surface area contributed by atoms with E-state index in [-0.39, 0.29) is 23.9 Å². The number of hydrogen-bond donors (Lipinski definition) is 1. The number of ether oxygens (including phenoxy) is 2. The molecule has 2 amide bonds. The van der Waals surface area contributed by atoms with Crippen molar-refractivity contribution in [2.45, 2.75) is 33.7 Å². The number of amides is 2. The van der Waals surface area contributed by atoms with Gasteiger partial charge in [0.25, 0.3) is 11.5 Å². The summed E-state index contributed by atoms with van der Waals surface area (Å²) in [5.41, 5.74) is 0.696. The molecule has 3 aromatic rings. The molecular weight excluding hydrogens is 468 g/mol. The average Bonchev–Trinajstić information content (AvgIpc) is 3.17. The van der Waals surface area contributed by atoms with Crippen LogP contribution >= 0.6 is 11.3 Å². The average molecular weight is 499 g/mol. The molecule has 10 heteroatoms. The Morgan fingerprint density at radius 2 is 1.89 bits per heavy atom. The first-order chi connectivity index (χ1) is 16.7. The van der Waals surface area contributed by atoms with Gasteiger partial charge in [-0.3, -0.25) is 19.0 Å². The molecule has 1 aromatic carbocycles. The van der Waals surface area contributed by atoms with Crippen molar-refractivity contribution < 1.29 is 19.1 Å². The fraction of sp³-hybridized carbons (Fsp3) is 0.440. The third-order valence-corrected chi connectivity index (χ3v) is 7.51. The van der Waals surface area contributed by atoms with E-state index < -0.39 is 0 Å². The van der Waals surface area contributed by atoms with Crippen LogP contribution in [0.15, 0.2) is 29.3 Å². The van der Waals surface area contributed by atoms with Gasteiger partial charge >= 0.3 is 0 Å². The Kier molecular flexibility index (Phi) is 7.11. The highest BCUT2D eigenvalue weighted by atomic mass is 32.1. The summed E-state index contributed by atoms with van der Waals surface area (Å²) < 4.78 is 11.9. The van der Waals surface area contributed by atoms with E-state index in [0.717, 1.165) is 17.8 Å². The molecule has 3 heterocycles. The zero-order valence-corrected chi connectivity index (χ0v) is 21.4. The fourth-order valence-electron chi connectivity index (χ4n) is 4.68. The molecule has 9 nitrogen and oxygen atoms in total. The van der Waals surface area contributed by atoms with Gasteiger partial charge in [-0.05, 0) is 42.9 Å². The topological polar surface area (TPSA) is 103 Å². The van der Waals surface area contributed by atoms with Crippen LogP contribution in [0.3, 0.4) is 0 Å². The molecule has 0 radical (unpaired) electrons. The van der Waals surface area contributed by atoms with Crippen LogP contribution in [0, 0.1) is 18.8 Å². The normalized spacial score (nSPS) is 17.9. The predicted molar refractivity (Wildman–Crippen MR) is 136 cm³/mol. The lowest BCUT2D eigenvalue weighted by atomic mass is 9.92. The lowest BCUT2D eigenvalue weighted by Crippen LogP contribution is -2.44. The van der Waals surface area contributed by atoms with Crippen LogP contribution < -0.4 is 20.3 Å². The lowest BCUT2D eigenvalue weighted by Gasteiger charge is -2.35. The number of aromatic nitrogens is 2. The number of benzene rings is 1. The highest BCUT2D eigenvalue weighted by Gasteiger charge is 2.26. The van der Waals surface area contributed by atoms with E-state index >= 15 is 0 Å². The van der Waals surface area contributed by atoms with Gasteiger partial charge in [-0.15, -0.1) is 11.3 Å². The van der Waals surface area contributed by atoms with Gasteiger partial charge < -0.3 is 19.7 Å². The van der Waals surface area contributed by atoms with E-state index in [0.29, 0.717) is 62.8 Å². The predicted octanol–water partition coefficient (Wildman–Crippen LogP) is 3.54. The van der Waals surface area contributed by atoms with Crippen molar-refractivity contribution in [2.24, 2.45) is 11.8 Å². The second-order valence-corrected chi connectivity index (χ2v) is 10.2. The number of aryl methyl sites for hydroxylation is 1. The minimum Gasteiger partial charge on any atom is -0.497 e. The highest BCUT2D eigenvalue weighted by molar-refractivity contribution is 7.20. The van der Waals surface area contributed by atoms with Crippen molar-refractivity contribution in [3.63, 3.8) is 0 Å². The summed E-state index contributed by atoms with van der Waals surface area (Å²) in [6.45, 7) is 7.33. The zero-order valence-electron chi connectivity index (χ0n) is 20.6. The van der Waals surface area contributed by atoms with E-state index in [9.17, 15) is 14.4 Å². The molecule has 1 N–H and O–H groups in total. The Hall–Kier alpha value is -3.40. The molecule has 35 heavy (non-hydrogen) atoms. The van der Waals surface area contributed by atoms with Crippen molar-refractivity contribution in [3.05, 3.63) is 45.3 Å². The van der Waals surface area contributed by atoms with Gasteiger partial charge in [-0.25, -0.2) is 4.98 Å². The molecule has 186 valence electrons. The first-order valence-electron chi connectivity index (χ1n) is 11.5. The summed E-state index contributed by atoms with van der Waals surface area (Å²) in [6.07, 6.45) is 2.49. The van der Waals surface area contributed by atoms with Gasteiger partial charge in [0.1, 0.15) is 22.9 Å². The minimum absolute atomic E-state index is 0.0684. The number of rotatable bonds is 6. The smallest absolute Gasteiger partial charge is 0.266 e. The summed E-state index contributed by atoms with van der Waals surface area (Å²) in [5.74, 6) is 1.47. The standard InChI is InChI=1S/C25H30N4O5S/c1-14-8-15(2)11-28(10-14)20(30)12-29-13-26-24-21(25(29)32)16(3)22(35-24)23(31)27-18-7-6-17(33-4)9-19(18)34-5/h6-7,9,13-15H,8,10-12H2,1-5H3,(H,27,31)/t14-,15-/m0/s1. The Morgan fingerprint density at radius 1 is 1.17 bits per heavy atom. The number of methoxy groups -OCH3 is 2. The molecule has 0 bridgehead atoms. The van der Waals surface area contributed by atoms with Crippen LogP contribution in [-0.2, 0) is 11.3 Å². The highest BCUT2D eigenvalue weighted by Crippen LogP contribution is 2.32. The fourth-order valence-corrected chi connectivity index (χ4v) is 5.72. The first-order valence-corrected chi connectivity index (χ1v) is 12.3. The molecule has 2 aromatic heterocycles. The van der Waals surface area contributed by atoms with Gasteiger partial charge in [0.15, 0.2) is 0 Å². The Balaban J connectivity index is 1.59. The van der Waals surface area contributed by atoms with Crippen LogP contribution in [0.4, 0.5) is 5.69 Å². The SMILES string of the molecule is COc1ccc(NC(=O)c2sc3ncn(CC(=O)N4C[C@@H](C)C[C@H](C)C4)c(=O)c3c2C)c(OC)c1. The molecule has 4 rings (SSSR count). The number of fused-ring (bicyclic) bond motifs is 1. The summed E-state index contributed by atoms with van der Waals surface area (Å²) >= 11 is 1.15. The molecule has 0 aliphatic carbocycles. The van der Waals surface area contributed by atoms with E-state index in [1.54, 1.807) is 32.2 Å². The number of nitrogens with zero attached hydrogens (tertiary/aromatic N) is 3. The van der Waals surface area contributed by atoms with Gasteiger partial charge in [0, 0.05) is 19.2 Å². The van der Waals surface area contributed by atoms with Crippen LogP contribution in [0.25, 0.3) is 10.2 Å². The van der Waals surface area contributed by atoms with Gasteiger partial charge in [0.2, 0.25) is 5.91 Å². The molecule has 0 spiro atoms. The molecule has 1 fully saturated rings. The Morgan fingerprint density at radius 3 is 2.54 bits per heavy atom. The van der Waals surface area contributed by atoms with Crippen LogP contribution in [0.1, 0.15) is 35.5 Å². The Bertz CT molecular complexity index is 1320. The van der Waals surface area contributed by atoms with Crippen molar-refractivity contribution in [3.8, 4) is 11.5 Å². The molecule has 1 saturated heterocycles. The number of piperidine rings is 1. The zero-order chi connectivity index (χ0) is 25.3. The summed E-state index contributed by atoms with van der Waals surface area (Å²) in [5, 5.41) is 3.20. The Labute approximate surface area is 207 Å². The largest absolute Gasteiger partial charge is 0.497 e. The lowest BCUT2D eigenvalue weighted by molar-refractivity contribution is -0.134.